The van der Waals surface area contributed by atoms with Gasteiger partial charge in [-0.2, -0.15) is 0 Å². The number of oxazole rings is 1. The molecule has 0 aliphatic rings. The molecule has 7 heteroatoms. The van der Waals surface area contributed by atoms with Gasteiger partial charge in [0.1, 0.15) is 17.0 Å². The number of benzene rings is 2. The molecule has 0 aliphatic carbocycles. The van der Waals surface area contributed by atoms with Crippen LogP contribution in [0.25, 0.3) is 22.4 Å². The number of aromatic nitrogens is 4. The fourth-order valence-electron chi connectivity index (χ4n) is 2.52. The molecule has 1 atom stereocenters. The van der Waals surface area contributed by atoms with E-state index in [0.29, 0.717) is 11.6 Å². The number of anilines is 1. The zero-order chi connectivity index (χ0) is 17.2. The van der Waals surface area contributed by atoms with Gasteiger partial charge in [0.25, 0.3) is 0 Å². The topological polar surface area (TPSA) is 76.7 Å². The van der Waals surface area contributed by atoms with Crippen molar-refractivity contribution in [2.75, 3.05) is 5.32 Å². The molecule has 0 fully saturated rings. The van der Waals surface area contributed by atoms with Crippen molar-refractivity contribution in [2.24, 2.45) is 0 Å². The minimum Gasteiger partial charge on any atom is -0.443 e. The Labute approximate surface area is 142 Å². The summed E-state index contributed by atoms with van der Waals surface area (Å²) in [5.41, 5.74) is 3.91. The summed E-state index contributed by atoms with van der Waals surface area (Å²) in [6, 6.07) is 11.8. The van der Waals surface area contributed by atoms with Crippen LogP contribution in [-0.4, -0.2) is 20.2 Å². The van der Waals surface area contributed by atoms with Gasteiger partial charge in [-0.25, -0.2) is 14.4 Å². The largest absolute Gasteiger partial charge is 0.443 e. The van der Waals surface area contributed by atoms with Gasteiger partial charge in [0, 0.05) is 5.56 Å². The molecule has 0 bridgehead atoms. The normalized spacial score (nSPS) is 12.2. The van der Waals surface area contributed by atoms with Crippen LogP contribution in [0.1, 0.15) is 18.5 Å². The van der Waals surface area contributed by atoms with Gasteiger partial charge in [-0.05, 0) is 42.8 Å². The molecule has 6 nitrogen and oxygen atoms in total. The van der Waals surface area contributed by atoms with Crippen molar-refractivity contribution in [3.63, 3.8) is 0 Å². The first-order chi connectivity index (χ1) is 12.2. The molecule has 0 spiro atoms. The highest BCUT2D eigenvalue weighted by Gasteiger charge is 2.09. The average molecular weight is 335 g/mol. The highest BCUT2D eigenvalue weighted by molar-refractivity contribution is 5.78. The molecule has 124 valence electrons. The number of hydrogen-bond donors (Lipinski definition) is 1. The first kappa shape index (κ1) is 15.2. The number of halogens is 1. The third kappa shape index (κ3) is 3.16. The number of hydrogen-bond acceptors (Lipinski definition) is 6. The third-order valence-electron chi connectivity index (χ3n) is 3.90. The fraction of sp³-hybridized carbons (Fsp3) is 0.111. The quantitative estimate of drug-likeness (QED) is 0.607. The summed E-state index contributed by atoms with van der Waals surface area (Å²) in [4.78, 5) is 8.43. The molecule has 2 aromatic heterocycles. The standard InChI is InChI=1S/C18H14FN5O/c1-11(12-2-5-14(19)6-3-12)22-18-20-9-16(23-24-18)13-4-7-17-15(8-13)21-10-25-17/h2-11H,1H3,(H,20,22,24)/t11-/m1/s1. The Hall–Kier alpha value is -3.35. The first-order valence-electron chi connectivity index (χ1n) is 7.74. The van der Waals surface area contributed by atoms with Crippen LogP contribution in [0.2, 0.25) is 0 Å². The van der Waals surface area contributed by atoms with Crippen molar-refractivity contribution in [1.29, 1.82) is 0 Å². The summed E-state index contributed by atoms with van der Waals surface area (Å²) in [5, 5.41) is 11.5. The van der Waals surface area contributed by atoms with Gasteiger partial charge >= 0.3 is 0 Å². The monoisotopic (exact) mass is 335 g/mol. The maximum atomic E-state index is 13.0. The van der Waals surface area contributed by atoms with Crippen molar-refractivity contribution in [3.8, 4) is 11.3 Å². The number of fused-ring (bicyclic) bond motifs is 1. The molecule has 2 heterocycles. The van der Waals surface area contributed by atoms with Crippen LogP contribution in [0, 0.1) is 5.82 Å². The molecule has 25 heavy (non-hydrogen) atoms. The Kier molecular flexibility index (Phi) is 3.81. The van der Waals surface area contributed by atoms with Crippen LogP contribution in [-0.2, 0) is 0 Å². The lowest BCUT2D eigenvalue weighted by atomic mass is 10.1. The highest BCUT2D eigenvalue weighted by atomic mass is 19.1. The maximum Gasteiger partial charge on any atom is 0.243 e. The summed E-state index contributed by atoms with van der Waals surface area (Å²) in [6.07, 6.45) is 3.05. The number of nitrogens with zero attached hydrogens (tertiary/aromatic N) is 4. The van der Waals surface area contributed by atoms with Crippen LogP contribution in [0.4, 0.5) is 10.3 Å². The molecular formula is C18H14FN5O. The van der Waals surface area contributed by atoms with Crippen molar-refractivity contribution >= 4 is 17.0 Å². The van der Waals surface area contributed by atoms with Crippen LogP contribution < -0.4 is 5.32 Å². The number of nitrogens with one attached hydrogen (secondary N) is 1. The van der Waals surface area contributed by atoms with Gasteiger partial charge in [0.05, 0.1) is 12.2 Å². The Balaban J connectivity index is 1.52. The smallest absolute Gasteiger partial charge is 0.243 e. The van der Waals surface area contributed by atoms with E-state index >= 15 is 0 Å². The lowest BCUT2D eigenvalue weighted by molar-refractivity contribution is 0.602. The first-order valence-corrected chi connectivity index (χ1v) is 7.74. The zero-order valence-corrected chi connectivity index (χ0v) is 13.3. The third-order valence-corrected chi connectivity index (χ3v) is 3.90. The van der Waals surface area contributed by atoms with E-state index in [1.807, 2.05) is 25.1 Å². The fourth-order valence-corrected chi connectivity index (χ4v) is 2.52. The Bertz CT molecular complexity index is 998. The molecule has 4 aromatic rings. The van der Waals surface area contributed by atoms with Gasteiger partial charge in [-0.15, -0.1) is 10.2 Å². The van der Waals surface area contributed by atoms with E-state index in [9.17, 15) is 4.39 Å². The molecule has 0 radical (unpaired) electrons. The van der Waals surface area contributed by atoms with Gasteiger partial charge in [-0.1, -0.05) is 12.1 Å². The van der Waals surface area contributed by atoms with Gasteiger partial charge in [0.2, 0.25) is 5.95 Å². The summed E-state index contributed by atoms with van der Waals surface area (Å²) < 4.78 is 18.2. The molecule has 0 aliphatic heterocycles. The van der Waals surface area contributed by atoms with E-state index in [4.69, 9.17) is 4.42 Å². The summed E-state index contributed by atoms with van der Waals surface area (Å²) >= 11 is 0. The molecule has 0 saturated carbocycles. The van der Waals surface area contributed by atoms with E-state index in [0.717, 1.165) is 22.2 Å². The summed E-state index contributed by atoms with van der Waals surface area (Å²) in [7, 11) is 0. The average Bonchev–Trinajstić information content (AvgIpc) is 3.10. The molecule has 4 rings (SSSR count). The predicted octanol–water partition coefficient (Wildman–Crippen LogP) is 3.99. The molecule has 0 unspecified atom stereocenters. The van der Waals surface area contributed by atoms with Crippen molar-refractivity contribution in [2.45, 2.75) is 13.0 Å². The van der Waals surface area contributed by atoms with E-state index < -0.39 is 0 Å². The summed E-state index contributed by atoms with van der Waals surface area (Å²) in [6.45, 7) is 1.95. The van der Waals surface area contributed by atoms with Gasteiger partial charge in [0.15, 0.2) is 12.0 Å². The lowest BCUT2D eigenvalue weighted by Crippen LogP contribution is -2.10. The summed E-state index contributed by atoms with van der Waals surface area (Å²) in [5.74, 6) is 0.144. The number of rotatable bonds is 4. The second kappa shape index (κ2) is 6.27. The van der Waals surface area contributed by atoms with E-state index in [-0.39, 0.29) is 11.9 Å². The van der Waals surface area contributed by atoms with E-state index in [1.54, 1.807) is 18.3 Å². The van der Waals surface area contributed by atoms with Crippen LogP contribution >= 0.6 is 0 Å². The lowest BCUT2D eigenvalue weighted by Gasteiger charge is -2.13. The van der Waals surface area contributed by atoms with Gasteiger partial charge in [-0.3, -0.25) is 0 Å². The maximum absolute atomic E-state index is 13.0. The van der Waals surface area contributed by atoms with E-state index in [1.165, 1.54) is 18.5 Å². The second-order valence-electron chi connectivity index (χ2n) is 5.62. The zero-order valence-electron chi connectivity index (χ0n) is 13.3. The Morgan fingerprint density at radius 1 is 1.04 bits per heavy atom. The SMILES string of the molecule is C[C@@H](Nc1ncc(-c2ccc3ocnc3c2)nn1)c1ccc(F)cc1. The van der Waals surface area contributed by atoms with Crippen molar-refractivity contribution < 1.29 is 8.81 Å². The molecule has 0 saturated heterocycles. The highest BCUT2D eigenvalue weighted by Crippen LogP contribution is 2.22. The molecule has 0 amide bonds. The molecular weight excluding hydrogens is 321 g/mol. The minimum absolute atomic E-state index is 0.0697. The van der Waals surface area contributed by atoms with Gasteiger partial charge < -0.3 is 9.73 Å². The predicted molar refractivity (Wildman–Crippen MR) is 91.3 cm³/mol. The van der Waals surface area contributed by atoms with Crippen molar-refractivity contribution in [1.82, 2.24) is 20.2 Å². The molecule has 2 aromatic carbocycles. The second-order valence-corrected chi connectivity index (χ2v) is 5.62. The Morgan fingerprint density at radius 3 is 2.64 bits per heavy atom. The molecule has 1 N–H and O–H groups in total. The van der Waals surface area contributed by atoms with Crippen LogP contribution in [0.5, 0.6) is 0 Å². The van der Waals surface area contributed by atoms with Crippen molar-refractivity contribution in [3.05, 3.63) is 66.4 Å². The van der Waals surface area contributed by atoms with Crippen LogP contribution in [0.15, 0.2) is 59.5 Å². The minimum atomic E-state index is -0.262. The van der Waals surface area contributed by atoms with Crippen LogP contribution in [0.3, 0.4) is 0 Å². The Morgan fingerprint density at radius 2 is 1.88 bits per heavy atom. The van der Waals surface area contributed by atoms with E-state index in [2.05, 4.69) is 25.5 Å².